The molecule has 6 nitrogen and oxygen atoms in total. The van der Waals surface area contributed by atoms with Crippen LogP contribution in [0.1, 0.15) is 17.0 Å². The zero-order valence-electron chi connectivity index (χ0n) is 14.3. The Morgan fingerprint density at radius 3 is 2.69 bits per heavy atom. The maximum absolute atomic E-state index is 11.6. The summed E-state index contributed by atoms with van der Waals surface area (Å²) in [5.74, 6) is -1.63. The lowest BCUT2D eigenvalue weighted by molar-refractivity contribution is -0.139. The van der Waals surface area contributed by atoms with E-state index >= 15 is 0 Å². The van der Waals surface area contributed by atoms with Gasteiger partial charge in [-0.15, -0.1) is 6.58 Å². The molecule has 0 spiro atoms. The normalized spacial score (nSPS) is 10.8. The van der Waals surface area contributed by atoms with Gasteiger partial charge in [-0.2, -0.15) is 5.10 Å². The summed E-state index contributed by atoms with van der Waals surface area (Å²) in [5, 5.41) is 7.11. The Hall–Kier alpha value is -2.57. The predicted molar refractivity (Wildman–Crippen MR) is 104 cm³/mol. The van der Waals surface area contributed by atoms with E-state index in [2.05, 4.69) is 22.4 Å². The van der Waals surface area contributed by atoms with E-state index in [1.165, 1.54) is 12.3 Å². The minimum absolute atomic E-state index is 0.206. The molecule has 0 aliphatic heterocycles. The molecule has 0 saturated heterocycles. The highest BCUT2D eigenvalue weighted by atomic mass is 35.5. The molecular formula is C18H18Cl2N4O2. The summed E-state index contributed by atoms with van der Waals surface area (Å²) in [6.07, 6.45) is 2.94. The first-order valence-corrected chi connectivity index (χ1v) is 8.47. The average molecular weight is 393 g/mol. The Morgan fingerprint density at radius 2 is 2.00 bits per heavy atom. The van der Waals surface area contributed by atoms with Crippen molar-refractivity contribution in [1.82, 2.24) is 15.3 Å². The fourth-order valence-corrected chi connectivity index (χ4v) is 2.79. The number of carbonyl (C=O) groups excluding carboxylic acids is 2. The highest BCUT2D eigenvalue weighted by Gasteiger charge is 2.14. The third-order valence-electron chi connectivity index (χ3n) is 3.63. The van der Waals surface area contributed by atoms with Crippen LogP contribution >= 0.6 is 23.2 Å². The summed E-state index contributed by atoms with van der Waals surface area (Å²) in [4.78, 5) is 23.0. The Bertz CT molecular complexity index is 888. The van der Waals surface area contributed by atoms with Gasteiger partial charge in [-0.1, -0.05) is 35.3 Å². The molecular weight excluding hydrogens is 375 g/mol. The quantitative estimate of drug-likeness (QED) is 0.355. The van der Waals surface area contributed by atoms with E-state index in [4.69, 9.17) is 23.2 Å². The molecule has 2 N–H and O–H groups in total. The molecule has 0 aliphatic rings. The molecule has 2 aromatic rings. The third-order valence-corrected chi connectivity index (χ3v) is 4.43. The minimum atomic E-state index is -0.852. The fourth-order valence-electron chi connectivity index (χ4n) is 2.41. The number of rotatable bonds is 5. The lowest BCUT2D eigenvalue weighted by Gasteiger charge is -2.12. The van der Waals surface area contributed by atoms with Crippen LogP contribution in [0.4, 0.5) is 0 Å². The monoisotopic (exact) mass is 392 g/mol. The number of nitrogens with zero attached hydrogens (tertiary/aromatic N) is 2. The van der Waals surface area contributed by atoms with Crippen LogP contribution in [-0.2, 0) is 9.59 Å². The SMILES string of the molecule is C=CCNC(=O)C(=O)N/N=C\c1cc(C)n(-c2cccc(Cl)c2Cl)c1C. The number of hydrogen-bond acceptors (Lipinski definition) is 3. The van der Waals surface area contributed by atoms with Gasteiger partial charge in [-0.25, -0.2) is 5.43 Å². The lowest BCUT2D eigenvalue weighted by atomic mass is 10.2. The average Bonchev–Trinajstić information content (AvgIpc) is 2.89. The van der Waals surface area contributed by atoms with Crippen LogP contribution in [0.15, 0.2) is 42.0 Å². The van der Waals surface area contributed by atoms with E-state index in [0.717, 1.165) is 22.6 Å². The van der Waals surface area contributed by atoms with E-state index in [9.17, 15) is 9.59 Å². The van der Waals surface area contributed by atoms with E-state index in [-0.39, 0.29) is 6.54 Å². The Kier molecular flexibility index (Phi) is 6.60. The summed E-state index contributed by atoms with van der Waals surface area (Å²) in [5.41, 5.74) is 5.49. The molecule has 26 heavy (non-hydrogen) atoms. The Balaban J connectivity index is 2.20. The van der Waals surface area contributed by atoms with Gasteiger partial charge in [0.25, 0.3) is 0 Å². The van der Waals surface area contributed by atoms with Gasteiger partial charge in [-0.05, 0) is 32.0 Å². The van der Waals surface area contributed by atoms with Gasteiger partial charge in [0.15, 0.2) is 0 Å². The van der Waals surface area contributed by atoms with Gasteiger partial charge in [0.2, 0.25) is 0 Å². The molecule has 1 heterocycles. The number of hydrazone groups is 1. The second-order valence-electron chi connectivity index (χ2n) is 5.43. The molecule has 0 saturated carbocycles. The highest BCUT2D eigenvalue weighted by molar-refractivity contribution is 6.43. The summed E-state index contributed by atoms with van der Waals surface area (Å²) in [7, 11) is 0. The highest BCUT2D eigenvalue weighted by Crippen LogP contribution is 2.31. The summed E-state index contributed by atoms with van der Waals surface area (Å²) in [6, 6.07) is 7.29. The first-order chi connectivity index (χ1) is 12.4. The predicted octanol–water partition coefficient (Wildman–Crippen LogP) is 3.15. The number of amides is 2. The van der Waals surface area contributed by atoms with Crippen molar-refractivity contribution in [2.45, 2.75) is 13.8 Å². The van der Waals surface area contributed by atoms with Gasteiger partial charge in [0.05, 0.1) is 21.9 Å². The Morgan fingerprint density at radius 1 is 1.27 bits per heavy atom. The van der Waals surface area contributed by atoms with Crippen molar-refractivity contribution in [3.63, 3.8) is 0 Å². The maximum Gasteiger partial charge on any atom is 0.329 e. The van der Waals surface area contributed by atoms with Gasteiger partial charge in [-0.3, -0.25) is 9.59 Å². The second-order valence-corrected chi connectivity index (χ2v) is 6.22. The maximum atomic E-state index is 11.6. The van der Waals surface area contributed by atoms with Crippen molar-refractivity contribution in [1.29, 1.82) is 0 Å². The van der Waals surface area contributed by atoms with Crippen LogP contribution in [0.3, 0.4) is 0 Å². The molecule has 2 rings (SSSR count). The standard InChI is InChI=1S/C18H18Cl2N4O2/c1-4-8-21-17(25)18(26)23-22-10-13-9-11(2)24(12(13)3)15-7-5-6-14(19)16(15)20/h4-7,9-10H,1,8H2,2-3H3,(H,21,25)(H,23,26)/b22-10-. The van der Waals surface area contributed by atoms with Gasteiger partial charge < -0.3 is 9.88 Å². The van der Waals surface area contributed by atoms with E-state index in [0.29, 0.717) is 10.0 Å². The molecule has 0 radical (unpaired) electrons. The smallest absolute Gasteiger partial charge is 0.329 e. The minimum Gasteiger partial charge on any atom is -0.344 e. The van der Waals surface area contributed by atoms with E-state index in [1.807, 2.05) is 36.6 Å². The van der Waals surface area contributed by atoms with Crippen LogP contribution in [0.25, 0.3) is 5.69 Å². The van der Waals surface area contributed by atoms with Crippen molar-refractivity contribution < 1.29 is 9.59 Å². The summed E-state index contributed by atoms with van der Waals surface area (Å²) < 4.78 is 1.94. The van der Waals surface area contributed by atoms with Crippen LogP contribution in [-0.4, -0.2) is 29.1 Å². The van der Waals surface area contributed by atoms with Crippen molar-refractivity contribution >= 4 is 41.2 Å². The molecule has 2 amide bonds. The van der Waals surface area contributed by atoms with Crippen molar-refractivity contribution in [3.05, 3.63) is 63.9 Å². The summed E-state index contributed by atoms with van der Waals surface area (Å²) >= 11 is 12.4. The molecule has 0 aliphatic carbocycles. The van der Waals surface area contributed by atoms with Crippen molar-refractivity contribution in [3.8, 4) is 5.69 Å². The lowest BCUT2D eigenvalue weighted by Crippen LogP contribution is -2.37. The number of aromatic nitrogens is 1. The van der Waals surface area contributed by atoms with Gasteiger partial charge >= 0.3 is 11.8 Å². The number of benzene rings is 1. The number of nitrogens with one attached hydrogen (secondary N) is 2. The number of hydrogen-bond donors (Lipinski definition) is 2. The molecule has 1 aromatic heterocycles. The van der Waals surface area contributed by atoms with E-state index < -0.39 is 11.8 Å². The molecule has 0 unspecified atom stereocenters. The van der Waals surface area contributed by atoms with Gasteiger partial charge in [0, 0.05) is 23.5 Å². The molecule has 1 aromatic carbocycles. The van der Waals surface area contributed by atoms with Crippen LogP contribution in [0.5, 0.6) is 0 Å². The number of halogens is 2. The molecule has 136 valence electrons. The zero-order chi connectivity index (χ0) is 19.3. The first-order valence-electron chi connectivity index (χ1n) is 7.72. The van der Waals surface area contributed by atoms with Gasteiger partial charge in [0.1, 0.15) is 0 Å². The molecule has 0 atom stereocenters. The topological polar surface area (TPSA) is 75.5 Å². The Labute approximate surface area is 161 Å². The molecule has 0 fully saturated rings. The first kappa shape index (κ1) is 19.8. The third kappa shape index (κ3) is 4.33. The molecule has 0 bridgehead atoms. The van der Waals surface area contributed by atoms with Crippen LogP contribution < -0.4 is 10.7 Å². The fraction of sp³-hybridized carbons (Fsp3) is 0.167. The van der Waals surface area contributed by atoms with E-state index in [1.54, 1.807) is 6.07 Å². The number of aryl methyl sites for hydroxylation is 1. The molecule has 8 heteroatoms. The second kappa shape index (κ2) is 8.69. The van der Waals surface area contributed by atoms with Crippen molar-refractivity contribution in [2.24, 2.45) is 5.10 Å². The van der Waals surface area contributed by atoms with Crippen molar-refractivity contribution in [2.75, 3.05) is 6.54 Å². The summed E-state index contributed by atoms with van der Waals surface area (Å²) in [6.45, 7) is 7.47. The van der Waals surface area contributed by atoms with Crippen LogP contribution in [0.2, 0.25) is 10.0 Å². The van der Waals surface area contributed by atoms with Crippen LogP contribution in [0, 0.1) is 13.8 Å². The number of carbonyl (C=O) groups is 2. The largest absolute Gasteiger partial charge is 0.344 e. The zero-order valence-corrected chi connectivity index (χ0v) is 15.9.